The van der Waals surface area contributed by atoms with Gasteiger partial charge < -0.3 is 10.0 Å². The Morgan fingerprint density at radius 3 is 2.78 bits per heavy atom. The number of likely N-dealkylation sites (tertiary alicyclic amines) is 1. The molecule has 1 heterocycles. The van der Waals surface area contributed by atoms with Gasteiger partial charge in [-0.1, -0.05) is 36.8 Å². The lowest BCUT2D eigenvalue weighted by atomic mass is 9.95. The van der Waals surface area contributed by atoms with Crippen LogP contribution in [0.3, 0.4) is 0 Å². The highest BCUT2D eigenvalue weighted by Gasteiger charge is 2.21. The third kappa shape index (κ3) is 4.11. The van der Waals surface area contributed by atoms with Crippen LogP contribution in [0, 0.1) is 0 Å². The molecule has 1 saturated heterocycles. The van der Waals surface area contributed by atoms with Crippen molar-refractivity contribution in [3.8, 4) is 0 Å². The molecule has 1 N–H and O–H groups in total. The van der Waals surface area contributed by atoms with E-state index in [0.29, 0.717) is 6.61 Å². The van der Waals surface area contributed by atoms with E-state index < -0.39 is 0 Å². The van der Waals surface area contributed by atoms with E-state index >= 15 is 0 Å². The largest absolute Gasteiger partial charge is 0.396 e. The van der Waals surface area contributed by atoms with Crippen LogP contribution in [0.25, 0.3) is 0 Å². The molecule has 1 fully saturated rings. The van der Waals surface area contributed by atoms with Crippen molar-refractivity contribution in [3.05, 3.63) is 35.9 Å². The number of aryl methyl sites for hydroxylation is 1. The maximum atomic E-state index is 8.96. The molecule has 1 atom stereocenters. The van der Waals surface area contributed by atoms with E-state index in [0.717, 1.165) is 19.0 Å². The van der Waals surface area contributed by atoms with Gasteiger partial charge in [0.25, 0.3) is 0 Å². The van der Waals surface area contributed by atoms with Crippen LogP contribution in [0.2, 0.25) is 0 Å². The van der Waals surface area contributed by atoms with Gasteiger partial charge in [0.15, 0.2) is 0 Å². The van der Waals surface area contributed by atoms with Gasteiger partial charge in [-0.05, 0) is 44.2 Å². The Kier molecular flexibility index (Phi) is 5.69. The number of benzene rings is 1. The smallest absolute Gasteiger partial charge is 0.0443 e. The van der Waals surface area contributed by atoms with Crippen LogP contribution >= 0.6 is 0 Å². The zero-order valence-corrected chi connectivity index (χ0v) is 11.2. The van der Waals surface area contributed by atoms with Gasteiger partial charge in [-0.3, -0.25) is 0 Å². The van der Waals surface area contributed by atoms with Gasteiger partial charge in [-0.2, -0.15) is 0 Å². The third-order valence-electron chi connectivity index (χ3n) is 3.96. The minimum atomic E-state index is 0.321. The first-order valence-electron chi connectivity index (χ1n) is 7.29. The van der Waals surface area contributed by atoms with Crippen LogP contribution < -0.4 is 0 Å². The molecule has 0 radical (unpaired) electrons. The minimum Gasteiger partial charge on any atom is -0.396 e. The second-order valence-electron chi connectivity index (χ2n) is 5.29. The van der Waals surface area contributed by atoms with Crippen LogP contribution in [-0.4, -0.2) is 35.7 Å². The van der Waals surface area contributed by atoms with Crippen molar-refractivity contribution in [3.63, 3.8) is 0 Å². The van der Waals surface area contributed by atoms with Gasteiger partial charge in [0, 0.05) is 19.2 Å². The van der Waals surface area contributed by atoms with Gasteiger partial charge in [-0.15, -0.1) is 0 Å². The summed E-state index contributed by atoms with van der Waals surface area (Å²) in [6, 6.07) is 11.5. The second-order valence-corrected chi connectivity index (χ2v) is 5.29. The molecule has 2 nitrogen and oxygen atoms in total. The first kappa shape index (κ1) is 13.6. The number of aliphatic hydroxyl groups excluding tert-OH is 1. The normalized spacial score (nSPS) is 21.1. The van der Waals surface area contributed by atoms with E-state index in [1.54, 1.807) is 0 Å². The number of piperidine rings is 1. The predicted octanol–water partition coefficient (Wildman–Crippen LogP) is 2.86. The Hall–Kier alpha value is -0.860. The van der Waals surface area contributed by atoms with Crippen LogP contribution in [0.1, 0.15) is 37.7 Å². The van der Waals surface area contributed by atoms with Crippen LogP contribution in [0.4, 0.5) is 0 Å². The molecule has 2 rings (SSSR count). The molecular weight excluding hydrogens is 222 g/mol. The Bertz CT molecular complexity index is 325. The average molecular weight is 247 g/mol. The summed E-state index contributed by atoms with van der Waals surface area (Å²) < 4.78 is 0. The zero-order chi connectivity index (χ0) is 12.6. The van der Waals surface area contributed by atoms with Crippen molar-refractivity contribution in [1.82, 2.24) is 4.90 Å². The maximum absolute atomic E-state index is 8.96. The minimum absolute atomic E-state index is 0.321. The monoisotopic (exact) mass is 247 g/mol. The van der Waals surface area contributed by atoms with Crippen LogP contribution in [0.15, 0.2) is 30.3 Å². The van der Waals surface area contributed by atoms with Gasteiger partial charge in [-0.25, -0.2) is 0 Å². The van der Waals surface area contributed by atoms with E-state index in [9.17, 15) is 0 Å². The van der Waals surface area contributed by atoms with E-state index in [2.05, 4.69) is 35.2 Å². The van der Waals surface area contributed by atoms with Crippen LogP contribution in [0.5, 0.6) is 0 Å². The first-order valence-corrected chi connectivity index (χ1v) is 7.29. The number of hydrogen-bond donors (Lipinski definition) is 1. The van der Waals surface area contributed by atoms with Gasteiger partial charge in [0.2, 0.25) is 0 Å². The summed E-state index contributed by atoms with van der Waals surface area (Å²) in [5, 5.41) is 8.96. The summed E-state index contributed by atoms with van der Waals surface area (Å²) in [6.07, 6.45) is 7.39. The fraction of sp³-hybridized carbons (Fsp3) is 0.625. The molecule has 0 aromatic heterocycles. The Balaban J connectivity index is 1.81. The standard InChI is InChI=1S/C16H25NO/c18-14-6-13-17-12-5-4-9-16(17)11-10-15-7-2-1-3-8-15/h1-3,7-8,16,18H,4-6,9-14H2. The number of hydrogen-bond acceptors (Lipinski definition) is 2. The fourth-order valence-electron chi connectivity index (χ4n) is 2.93. The van der Waals surface area contributed by atoms with Crippen molar-refractivity contribution in [2.24, 2.45) is 0 Å². The number of nitrogens with zero attached hydrogens (tertiary/aromatic N) is 1. The molecule has 0 spiro atoms. The summed E-state index contributed by atoms with van der Waals surface area (Å²) in [5.41, 5.74) is 1.45. The molecular formula is C16H25NO. The summed E-state index contributed by atoms with van der Waals surface area (Å²) in [5.74, 6) is 0. The topological polar surface area (TPSA) is 23.5 Å². The van der Waals surface area contributed by atoms with Gasteiger partial charge in [0.05, 0.1) is 0 Å². The summed E-state index contributed by atoms with van der Waals surface area (Å²) in [4.78, 5) is 2.59. The summed E-state index contributed by atoms with van der Waals surface area (Å²) >= 11 is 0. The molecule has 1 aliphatic heterocycles. The first-order chi connectivity index (χ1) is 8.90. The van der Waals surface area contributed by atoms with Crippen molar-refractivity contribution in [2.45, 2.75) is 44.6 Å². The van der Waals surface area contributed by atoms with Crippen molar-refractivity contribution < 1.29 is 5.11 Å². The zero-order valence-electron chi connectivity index (χ0n) is 11.2. The van der Waals surface area contributed by atoms with Crippen LogP contribution in [-0.2, 0) is 6.42 Å². The highest BCUT2D eigenvalue weighted by Crippen LogP contribution is 2.21. The van der Waals surface area contributed by atoms with Crippen molar-refractivity contribution in [2.75, 3.05) is 19.7 Å². The molecule has 1 aliphatic rings. The van der Waals surface area contributed by atoms with E-state index in [-0.39, 0.29) is 0 Å². The van der Waals surface area contributed by atoms with Crippen molar-refractivity contribution >= 4 is 0 Å². The molecule has 0 saturated carbocycles. The Labute approximate surface area is 111 Å². The third-order valence-corrected chi connectivity index (χ3v) is 3.96. The number of rotatable bonds is 6. The Morgan fingerprint density at radius 2 is 2.00 bits per heavy atom. The molecule has 1 aromatic rings. The highest BCUT2D eigenvalue weighted by molar-refractivity contribution is 5.14. The average Bonchev–Trinajstić information content (AvgIpc) is 2.45. The molecule has 0 bridgehead atoms. The maximum Gasteiger partial charge on any atom is 0.0443 e. The lowest BCUT2D eigenvalue weighted by Crippen LogP contribution is -2.40. The number of aliphatic hydroxyl groups is 1. The van der Waals surface area contributed by atoms with E-state index in [1.165, 1.54) is 44.2 Å². The molecule has 1 unspecified atom stereocenters. The molecule has 2 heteroatoms. The van der Waals surface area contributed by atoms with E-state index in [1.807, 2.05) is 0 Å². The predicted molar refractivity (Wildman–Crippen MR) is 75.7 cm³/mol. The molecule has 0 amide bonds. The molecule has 1 aromatic carbocycles. The highest BCUT2D eigenvalue weighted by atomic mass is 16.3. The lowest BCUT2D eigenvalue weighted by Gasteiger charge is -2.35. The summed E-state index contributed by atoms with van der Waals surface area (Å²) in [6.45, 7) is 2.61. The van der Waals surface area contributed by atoms with Gasteiger partial charge >= 0.3 is 0 Å². The lowest BCUT2D eigenvalue weighted by molar-refractivity contribution is 0.128. The van der Waals surface area contributed by atoms with Gasteiger partial charge in [0.1, 0.15) is 0 Å². The summed E-state index contributed by atoms with van der Waals surface area (Å²) in [7, 11) is 0. The SMILES string of the molecule is OCCCN1CCCCC1CCc1ccccc1. The van der Waals surface area contributed by atoms with E-state index in [4.69, 9.17) is 5.11 Å². The molecule has 0 aliphatic carbocycles. The molecule has 100 valence electrons. The van der Waals surface area contributed by atoms with Crippen molar-refractivity contribution in [1.29, 1.82) is 0 Å². The quantitative estimate of drug-likeness (QED) is 0.835. The molecule has 18 heavy (non-hydrogen) atoms. The Morgan fingerprint density at radius 1 is 1.17 bits per heavy atom. The second kappa shape index (κ2) is 7.55. The fourth-order valence-corrected chi connectivity index (χ4v) is 2.93.